The van der Waals surface area contributed by atoms with Gasteiger partial charge in [-0.25, -0.2) is 13.1 Å². The minimum atomic E-state index is -3.46. The van der Waals surface area contributed by atoms with Crippen molar-refractivity contribution in [3.63, 3.8) is 0 Å². The van der Waals surface area contributed by atoms with Crippen molar-refractivity contribution in [3.05, 3.63) is 29.8 Å². The van der Waals surface area contributed by atoms with Crippen molar-refractivity contribution >= 4 is 10.0 Å². The smallest absolute Gasteiger partial charge is 0.240 e. The Hall–Kier alpha value is -1.39. The van der Waals surface area contributed by atoms with Crippen LogP contribution in [-0.4, -0.2) is 34.7 Å². The van der Waals surface area contributed by atoms with Gasteiger partial charge in [0.2, 0.25) is 10.0 Å². The summed E-state index contributed by atoms with van der Waals surface area (Å²) in [5.74, 6) is 5.56. The van der Waals surface area contributed by atoms with Crippen molar-refractivity contribution in [1.82, 2.24) is 4.72 Å². The van der Waals surface area contributed by atoms with Gasteiger partial charge in [0.15, 0.2) is 0 Å². The Morgan fingerprint density at radius 2 is 2.00 bits per heavy atom. The van der Waals surface area contributed by atoms with Crippen LogP contribution in [0.25, 0.3) is 0 Å². The summed E-state index contributed by atoms with van der Waals surface area (Å²) in [6.07, 6.45) is 0.646. The lowest BCUT2D eigenvalue weighted by atomic mass is 10.2. The minimum Gasteiger partial charge on any atom is -0.382 e. The van der Waals surface area contributed by atoms with Crippen molar-refractivity contribution in [1.29, 1.82) is 0 Å². The predicted molar refractivity (Wildman–Crippen MR) is 78.7 cm³/mol. The summed E-state index contributed by atoms with van der Waals surface area (Å²) in [6.45, 7) is 3.72. The average Bonchev–Trinajstić information content (AvgIpc) is 2.45. The van der Waals surface area contributed by atoms with E-state index >= 15 is 0 Å². The Morgan fingerprint density at radius 3 is 2.60 bits per heavy atom. The van der Waals surface area contributed by atoms with E-state index in [0.717, 1.165) is 5.56 Å². The van der Waals surface area contributed by atoms with Crippen LogP contribution < -0.4 is 10.5 Å². The Kier molecular flexibility index (Phi) is 7.26. The molecule has 0 amide bonds. The summed E-state index contributed by atoms with van der Waals surface area (Å²) < 4.78 is 31.6. The average molecular weight is 296 g/mol. The van der Waals surface area contributed by atoms with E-state index in [4.69, 9.17) is 10.5 Å². The third-order valence-electron chi connectivity index (χ3n) is 2.46. The number of hydrogen-bond acceptors (Lipinski definition) is 4. The highest BCUT2D eigenvalue weighted by molar-refractivity contribution is 7.89. The number of nitrogens with one attached hydrogen (secondary N) is 1. The van der Waals surface area contributed by atoms with Crippen molar-refractivity contribution < 1.29 is 13.2 Å². The van der Waals surface area contributed by atoms with Crippen LogP contribution in [0.5, 0.6) is 0 Å². The van der Waals surface area contributed by atoms with Crippen LogP contribution in [-0.2, 0) is 14.8 Å². The molecule has 0 aliphatic heterocycles. The van der Waals surface area contributed by atoms with Gasteiger partial charge in [-0.05, 0) is 37.6 Å². The fourth-order valence-corrected chi connectivity index (χ4v) is 2.55. The van der Waals surface area contributed by atoms with Gasteiger partial charge in [-0.1, -0.05) is 11.8 Å². The zero-order chi connectivity index (χ0) is 14.8. The third-order valence-corrected chi connectivity index (χ3v) is 3.94. The molecule has 0 saturated carbocycles. The van der Waals surface area contributed by atoms with Gasteiger partial charge in [-0.2, -0.15) is 0 Å². The van der Waals surface area contributed by atoms with E-state index in [-0.39, 0.29) is 11.4 Å². The van der Waals surface area contributed by atoms with Crippen molar-refractivity contribution in [2.75, 3.05) is 26.3 Å². The second-order valence-electron chi connectivity index (χ2n) is 3.98. The van der Waals surface area contributed by atoms with Gasteiger partial charge in [0.05, 0.1) is 11.4 Å². The Balaban J connectivity index is 2.59. The molecule has 1 aromatic rings. The summed E-state index contributed by atoms with van der Waals surface area (Å²) in [4.78, 5) is 0.229. The highest BCUT2D eigenvalue weighted by atomic mass is 32.2. The Labute approximate surface area is 120 Å². The molecular formula is C14H20N2O3S. The summed E-state index contributed by atoms with van der Waals surface area (Å²) >= 11 is 0. The quantitative estimate of drug-likeness (QED) is 0.573. The summed E-state index contributed by atoms with van der Waals surface area (Å²) in [6, 6.07) is 6.39. The van der Waals surface area contributed by atoms with E-state index in [9.17, 15) is 8.42 Å². The number of nitrogens with two attached hydrogens (primary N) is 1. The third kappa shape index (κ3) is 5.72. The first-order valence-electron chi connectivity index (χ1n) is 6.46. The summed E-state index contributed by atoms with van der Waals surface area (Å²) in [7, 11) is -3.46. The lowest BCUT2D eigenvalue weighted by molar-refractivity contribution is 0.146. The first kappa shape index (κ1) is 16.7. The maximum absolute atomic E-state index is 12.0. The molecule has 1 rings (SSSR count). The number of sulfonamides is 1. The molecule has 0 saturated heterocycles. The van der Waals surface area contributed by atoms with Gasteiger partial charge in [-0.15, -0.1) is 0 Å². The van der Waals surface area contributed by atoms with Crippen LogP contribution in [0, 0.1) is 11.8 Å². The van der Waals surface area contributed by atoms with Gasteiger partial charge in [0.25, 0.3) is 0 Å². The lowest BCUT2D eigenvalue weighted by Gasteiger charge is -2.06. The number of hydrogen-bond donors (Lipinski definition) is 2. The lowest BCUT2D eigenvalue weighted by Crippen LogP contribution is -2.25. The van der Waals surface area contributed by atoms with Crippen molar-refractivity contribution in [2.45, 2.75) is 18.2 Å². The summed E-state index contributed by atoms with van der Waals surface area (Å²) in [5, 5.41) is 0. The van der Waals surface area contributed by atoms with E-state index in [1.54, 1.807) is 12.1 Å². The fraction of sp³-hybridized carbons (Fsp3) is 0.429. The van der Waals surface area contributed by atoms with Gasteiger partial charge >= 0.3 is 0 Å². The molecular weight excluding hydrogens is 276 g/mol. The number of ether oxygens (including phenoxy) is 1. The van der Waals surface area contributed by atoms with Crippen LogP contribution in [0.4, 0.5) is 0 Å². The van der Waals surface area contributed by atoms with Gasteiger partial charge in [0.1, 0.15) is 0 Å². The van der Waals surface area contributed by atoms with Gasteiger partial charge in [0, 0.05) is 25.3 Å². The maximum atomic E-state index is 12.0. The summed E-state index contributed by atoms with van der Waals surface area (Å²) in [5.41, 5.74) is 6.02. The molecule has 0 atom stereocenters. The van der Waals surface area contributed by atoms with Crippen LogP contribution >= 0.6 is 0 Å². The van der Waals surface area contributed by atoms with Gasteiger partial charge < -0.3 is 10.5 Å². The molecule has 110 valence electrons. The SMILES string of the molecule is CCOCCCNS(=O)(=O)c1ccc(C#CCN)cc1. The van der Waals surface area contributed by atoms with E-state index in [2.05, 4.69) is 16.6 Å². The second-order valence-corrected chi connectivity index (χ2v) is 5.75. The zero-order valence-corrected chi connectivity index (χ0v) is 12.4. The molecule has 1 aromatic carbocycles. The highest BCUT2D eigenvalue weighted by Crippen LogP contribution is 2.09. The Bertz CT molecular complexity index is 556. The molecule has 0 spiro atoms. The van der Waals surface area contributed by atoms with E-state index in [1.165, 1.54) is 12.1 Å². The standard InChI is InChI=1S/C14H20N2O3S/c1-2-19-12-4-11-16-20(17,18)14-8-6-13(7-9-14)5-3-10-15/h6-9,16H,2,4,10-12,15H2,1H3. The largest absolute Gasteiger partial charge is 0.382 e. The fourth-order valence-electron chi connectivity index (χ4n) is 1.48. The normalized spacial score (nSPS) is 10.9. The molecule has 0 aliphatic rings. The first-order chi connectivity index (χ1) is 9.60. The molecule has 0 radical (unpaired) electrons. The molecule has 0 bridgehead atoms. The molecule has 0 unspecified atom stereocenters. The predicted octanol–water partition coefficient (Wildman–Crippen LogP) is 0.702. The first-order valence-corrected chi connectivity index (χ1v) is 7.95. The maximum Gasteiger partial charge on any atom is 0.240 e. The Morgan fingerprint density at radius 1 is 1.30 bits per heavy atom. The minimum absolute atomic E-state index is 0.229. The van der Waals surface area contributed by atoms with E-state index in [1.807, 2.05) is 6.92 Å². The zero-order valence-electron chi connectivity index (χ0n) is 11.6. The van der Waals surface area contributed by atoms with E-state index in [0.29, 0.717) is 26.2 Å². The van der Waals surface area contributed by atoms with Crippen molar-refractivity contribution in [3.8, 4) is 11.8 Å². The van der Waals surface area contributed by atoms with Crippen molar-refractivity contribution in [2.24, 2.45) is 5.73 Å². The monoisotopic (exact) mass is 296 g/mol. The van der Waals surface area contributed by atoms with Crippen LogP contribution in [0.1, 0.15) is 18.9 Å². The van der Waals surface area contributed by atoms with E-state index < -0.39 is 10.0 Å². The van der Waals surface area contributed by atoms with Gasteiger partial charge in [-0.3, -0.25) is 0 Å². The number of rotatable bonds is 7. The molecule has 0 aliphatic carbocycles. The second kappa shape index (κ2) is 8.72. The topological polar surface area (TPSA) is 81.4 Å². The number of benzene rings is 1. The molecule has 0 fully saturated rings. The molecule has 0 aromatic heterocycles. The molecule has 5 nitrogen and oxygen atoms in total. The molecule has 0 heterocycles. The molecule has 20 heavy (non-hydrogen) atoms. The van der Waals surface area contributed by atoms with Crippen LogP contribution in [0.2, 0.25) is 0 Å². The highest BCUT2D eigenvalue weighted by Gasteiger charge is 2.12. The van der Waals surface area contributed by atoms with Crippen LogP contribution in [0.15, 0.2) is 29.2 Å². The molecule has 3 N–H and O–H groups in total. The van der Waals surface area contributed by atoms with Crippen LogP contribution in [0.3, 0.4) is 0 Å². The molecule has 6 heteroatoms.